The van der Waals surface area contributed by atoms with E-state index in [1.807, 2.05) is 43.1 Å². The van der Waals surface area contributed by atoms with Crippen LogP contribution in [0.5, 0.6) is 0 Å². The maximum atomic E-state index is 12.6. The molecule has 116 valence electrons. The molecule has 0 radical (unpaired) electrons. The van der Waals surface area contributed by atoms with Gasteiger partial charge in [0.15, 0.2) is 0 Å². The molecule has 1 aliphatic heterocycles. The van der Waals surface area contributed by atoms with Crippen molar-refractivity contribution < 1.29 is 4.79 Å². The van der Waals surface area contributed by atoms with Crippen LogP contribution in [0.4, 0.5) is 0 Å². The molecule has 0 spiro atoms. The number of benzene rings is 1. The number of nitrogens with two attached hydrogens (primary N) is 1. The van der Waals surface area contributed by atoms with Gasteiger partial charge in [-0.05, 0) is 25.5 Å². The van der Waals surface area contributed by atoms with Crippen LogP contribution >= 0.6 is 0 Å². The van der Waals surface area contributed by atoms with Crippen LogP contribution in [-0.4, -0.2) is 39.7 Å². The number of aromatic nitrogens is 2. The smallest absolute Gasteiger partial charge is 0.274 e. The number of likely N-dealkylation sites (tertiary alicyclic amines) is 1. The number of amides is 1. The molecule has 5 nitrogen and oxygen atoms in total. The molecule has 0 bridgehead atoms. The Bertz CT molecular complexity index is 650. The van der Waals surface area contributed by atoms with Crippen LogP contribution in [-0.2, 0) is 0 Å². The van der Waals surface area contributed by atoms with Crippen LogP contribution in [0.2, 0.25) is 0 Å². The van der Waals surface area contributed by atoms with E-state index in [0.29, 0.717) is 18.8 Å². The maximum absolute atomic E-state index is 12.6. The first-order chi connectivity index (χ1) is 10.6. The summed E-state index contributed by atoms with van der Waals surface area (Å²) in [5.41, 5.74) is 7.94. The van der Waals surface area contributed by atoms with Gasteiger partial charge in [-0.1, -0.05) is 30.3 Å². The summed E-state index contributed by atoms with van der Waals surface area (Å²) >= 11 is 0. The number of nitrogens with zero attached hydrogens (tertiary/aromatic N) is 3. The van der Waals surface area contributed by atoms with Gasteiger partial charge in [-0.15, -0.1) is 0 Å². The highest BCUT2D eigenvalue weighted by Gasteiger charge is 2.34. The predicted octanol–water partition coefficient (Wildman–Crippen LogP) is 2.03. The first-order valence-electron chi connectivity index (χ1n) is 7.71. The Morgan fingerprint density at radius 1 is 1.23 bits per heavy atom. The van der Waals surface area contributed by atoms with Crippen molar-refractivity contribution in [1.82, 2.24) is 14.7 Å². The molecule has 2 atom stereocenters. The Hall–Kier alpha value is -2.14. The zero-order valence-corrected chi connectivity index (χ0v) is 13.0. The second-order valence-electron chi connectivity index (χ2n) is 6.17. The van der Waals surface area contributed by atoms with E-state index >= 15 is 0 Å². The Morgan fingerprint density at radius 3 is 2.59 bits per heavy atom. The van der Waals surface area contributed by atoms with Gasteiger partial charge in [0.2, 0.25) is 0 Å². The molecule has 22 heavy (non-hydrogen) atoms. The van der Waals surface area contributed by atoms with E-state index in [-0.39, 0.29) is 23.9 Å². The quantitative estimate of drug-likeness (QED) is 0.943. The van der Waals surface area contributed by atoms with E-state index in [1.54, 1.807) is 10.7 Å². The summed E-state index contributed by atoms with van der Waals surface area (Å²) in [5, 5.41) is 4.36. The summed E-state index contributed by atoms with van der Waals surface area (Å²) < 4.78 is 1.80. The van der Waals surface area contributed by atoms with Crippen LogP contribution < -0.4 is 5.73 Å². The molecular formula is C17H22N4O. The normalized spacial score (nSPS) is 21.5. The summed E-state index contributed by atoms with van der Waals surface area (Å²) in [6.45, 7) is 5.31. The minimum absolute atomic E-state index is 0.0291. The molecular weight excluding hydrogens is 276 g/mol. The summed E-state index contributed by atoms with van der Waals surface area (Å²) in [6.07, 6.45) is 1.85. The van der Waals surface area contributed by atoms with Gasteiger partial charge in [0.1, 0.15) is 5.69 Å². The molecule has 1 aliphatic rings. The number of carbonyl (C=O) groups excluding carboxylic acids is 1. The van der Waals surface area contributed by atoms with E-state index in [9.17, 15) is 4.79 Å². The van der Waals surface area contributed by atoms with Crippen LogP contribution in [0.25, 0.3) is 0 Å². The van der Waals surface area contributed by atoms with Crippen LogP contribution in [0.15, 0.2) is 42.6 Å². The van der Waals surface area contributed by atoms with Crippen molar-refractivity contribution in [3.8, 4) is 0 Å². The van der Waals surface area contributed by atoms with Crippen molar-refractivity contribution in [1.29, 1.82) is 0 Å². The summed E-state index contributed by atoms with van der Waals surface area (Å²) in [6, 6.07) is 12.2. The molecule has 0 unspecified atom stereocenters. The monoisotopic (exact) mass is 298 g/mol. The highest BCUT2D eigenvalue weighted by molar-refractivity contribution is 5.92. The lowest BCUT2D eigenvalue weighted by Gasteiger charge is -2.15. The summed E-state index contributed by atoms with van der Waals surface area (Å²) in [5.74, 6) is 0.158. The fourth-order valence-corrected chi connectivity index (χ4v) is 2.95. The lowest BCUT2D eigenvalue weighted by molar-refractivity contribution is 0.0782. The van der Waals surface area contributed by atoms with E-state index in [0.717, 1.165) is 0 Å². The number of rotatable bonds is 3. The lowest BCUT2D eigenvalue weighted by atomic mass is 9.95. The molecule has 2 N–H and O–H groups in total. The van der Waals surface area contributed by atoms with Gasteiger partial charge in [-0.3, -0.25) is 9.48 Å². The average Bonchev–Trinajstić information content (AvgIpc) is 3.14. The molecule has 1 saturated heterocycles. The highest BCUT2D eigenvalue weighted by Crippen LogP contribution is 2.27. The second kappa shape index (κ2) is 5.93. The van der Waals surface area contributed by atoms with Crippen molar-refractivity contribution in [2.75, 3.05) is 13.1 Å². The van der Waals surface area contributed by atoms with Crippen molar-refractivity contribution in [3.63, 3.8) is 0 Å². The van der Waals surface area contributed by atoms with Crippen LogP contribution in [0, 0.1) is 0 Å². The SMILES string of the molecule is CC(C)n1ccc(C(=O)N2C[C@@H](N)[C@H](c3ccccc3)C2)n1. The third-order valence-electron chi connectivity index (χ3n) is 4.24. The molecule has 1 aromatic heterocycles. The molecule has 1 amide bonds. The molecule has 2 aromatic rings. The standard InChI is InChI=1S/C17H22N4O/c1-12(2)21-9-8-16(19-21)17(22)20-10-14(15(18)11-20)13-6-4-3-5-7-13/h3-9,12,14-15H,10-11,18H2,1-2H3/t14-,15+/m0/s1. The Morgan fingerprint density at radius 2 is 1.95 bits per heavy atom. The minimum atomic E-state index is -0.0340. The third-order valence-corrected chi connectivity index (χ3v) is 4.24. The topological polar surface area (TPSA) is 64.2 Å². The highest BCUT2D eigenvalue weighted by atomic mass is 16.2. The predicted molar refractivity (Wildman–Crippen MR) is 85.7 cm³/mol. The zero-order chi connectivity index (χ0) is 15.7. The van der Waals surface area contributed by atoms with Crippen LogP contribution in [0.3, 0.4) is 0 Å². The fraction of sp³-hybridized carbons (Fsp3) is 0.412. The minimum Gasteiger partial charge on any atom is -0.335 e. The van der Waals surface area contributed by atoms with E-state index in [2.05, 4.69) is 17.2 Å². The summed E-state index contributed by atoms with van der Waals surface area (Å²) in [4.78, 5) is 14.4. The van der Waals surface area contributed by atoms with Gasteiger partial charge in [0, 0.05) is 37.3 Å². The number of carbonyl (C=O) groups is 1. The summed E-state index contributed by atoms with van der Waals surface area (Å²) in [7, 11) is 0. The average molecular weight is 298 g/mol. The molecule has 0 saturated carbocycles. The maximum Gasteiger partial charge on any atom is 0.274 e. The van der Waals surface area contributed by atoms with E-state index < -0.39 is 0 Å². The number of hydrogen-bond acceptors (Lipinski definition) is 3. The molecule has 1 fully saturated rings. The lowest BCUT2D eigenvalue weighted by Crippen LogP contribution is -2.32. The molecule has 2 heterocycles. The van der Waals surface area contributed by atoms with Gasteiger partial charge >= 0.3 is 0 Å². The molecule has 3 rings (SSSR count). The Labute approximate surface area is 130 Å². The zero-order valence-electron chi connectivity index (χ0n) is 13.0. The molecule has 0 aliphatic carbocycles. The van der Waals surface area contributed by atoms with Gasteiger partial charge in [0.05, 0.1) is 0 Å². The van der Waals surface area contributed by atoms with Gasteiger partial charge < -0.3 is 10.6 Å². The van der Waals surface area contributed by atoms with Gasteiger partial charge in [0.25, 0.3) is 5.91 Å². The molecule has 1 aromatic carbocycles. The fourth-order valence-electron chi connectivity index (χ4n) is 2.95. The van der Waals surface area contributed by atoms with Crippen molar-refractivity contribution in [2.45, 2.75) is 31.8 Å². The first kappa shape index (κ1) is 14.8. The second-order valence-corrected chi connectivity index (χ2v) is 6.17. The molecule has 5 heteroatoms. The Kier molecular flexibility index (Phi) is 3.98. The van der Waals surface area contributed by atoms with E-state index in [4.69, 9.17) is 5.73 Å². The number of hydrogen-bond donors (Lipinski definition) is 1. The Balaban J connectivity index is 1.74. The van der Waals surface area contributed by atoms with Crippen molar-refractivity contribution in [3.05, 3.63) is 53.9 Å². The van der Waals surface area contributed by atoms with Crippen molar-refractivity contribution in [2.24, 2.45) is 5.73 Å². The van der Waals surface area contributed by atoms with Gasteiger partial charge in [-0.25, -0.2) is 0 Å². The van der Waals surface area contributed by atoms with Crippen LogP contribution in [0.1, 0.15) is 41.9 Å². The van der Waals surface area contributed by atoms with E-state index in [1.165, 1.54) is 5.56 Å². The first-order valence-corrected chi connectivity index (χ1v) is 7.71. The largest absolute Gasteiger partial charge is 0.335 e. The van der Waals surface area contributed by atoms with Crippen molar-refractivity contribution >= 4 is 5.91 Å². The van der Waals surface area contributed by atoms with Gasteiger partial charge in [-0.2, -0.15) is 5.10 Å². The third kappa shape index (κ3) is 2.76.